The average Bonchev–Trinajstić information content (AvgIpc) is 2.31. The van der Waals surface area contributed by atoms with E-state index in [2.05, 4.69) is 10.1 Å². The van der Waals surface area contributed by atoms with Crippen LogP contribution in [-0.2, 0) is 24.2 Å². The molecule has 20 heavy (non-hydrogen) atoms. The summed E-state index contributed by atoms with van der Waals surface area (Å²) in [6, 6.07) is 4.37. The van der Waals surface area contributed by atoms with E-state index in [1.54, 1.807) is 0 Å². The van der Waals surface area contributed by atoms with Crippen LogP contribution in [0.4, 0.5) is 11.4 Å². The van der Waals surface area contributed by atoms with Gasteiger partial charge >= 0.3 is 5.97 Å². The number of rotatable bonds is 5. The number of nitrogen functional groups attached to an aromatic ring is 1. The summed E-state index contributed by atoms with van der Waals surface area (Å²) < 4.78 is 27.3. The molecule has 0 bridgehead atoms. The van der Waals surface area contributed by atoms with E-state index in [4.69, 9.17) is 17.3 Å². The molecule has 1 aromatic rings. The quantitative estimate of drug-likeness (QED) is 0.601. The van der Waals surface area contributed by atoms with Crippen LogP contribution in [0.3, 0.4) is 0 Å². The average molecular weight is 321 g/mol. The number of carbonyl (C=O) groups excluding carboxylic acids is 2. The van der Waals surface area contributed by atoms with Gasteiger partial charge in [0.2, 0.25) is 5.91 Å². The number of benzene rings is 1. The van der Waals surface area contributed by atoms with Gasteiger partial charge in [-0.3, -0.25) is 9.59 Å². The van der Waals surface area contributed by atoms with E-state index in [1.807, 2.05) is 0 Å². The molecule has 1 amide bonds. The molecule has 0 aliphatic carbocycles. The summed E-state index contributed by atoms with van der Waals surface area (Å²) in [6.45, 7) is 0. The largest absolute Gasteiger partial charge is 0.468 e. The van der Waals surface area contributed by atoms with Crippen molar-refractivity contribution in [3.8, 4) is 0 Å². The monoisotopic (exact) mass is 320 g/mol. The number of methoxy groups -OCH3 is 1. The van der Waals surface area contributed by atoms with Crippen LogP contribution in [0.2, 0.25) is 5.02 Å². The van der Waals surface area contributed by atoms with Crippen molar-refractivity contribution in [3.05, 3.63) is 23.2 Å². The number of anilines is 2. The summed E-state index contributed by atoms with van der Waals surface area (Å²) in [5.74, 6) is -3.43. The molecule has 0 saturated carbocycles. The number of halogens is 1. The van der Waals surface area contributed by atoms with Gasteiger partial charge in [0.15, 0.2) is 9.84 Å². The summed E-state index contributed by atoms with van der Waals surface area (Å²) >= 11 is 5.83. The first-order valence-corrected chi connectivity index (χ1v) is 7.55. The zero-order valence-corrected chi connectivity index (χ0v) is 12.1. The lowest BCUT2D eigenvalue weighted by Crippen LogP contribution is -2.28. The van der Waals surface area contributed by atoms with E-state index < -0.39 is 33.2 Å². The number of nitrogens with one attached hydrogen (secondary N) is 1. The SMILES string of the molecule is COC(=O)CS(=O)(=O)CC(=O)Nc1ccc(N)cc1Cl. The molecule has 0 aromatic heterocycles. The summed E-state index contributed by atoms with van der Waals surface area (Å²) in [7, 11) is -2.83. The fourth-order valence-electron chi connectivity index (χ4n) is 1.31. The molecule has 9 heteroatoms. The van der Waals surface area contributed by atoms with Crippen molar-refractivity contribution < 1.29 is 22.7 Å². The van der Waals surface area contributed by atoms with E-state index in [9.17, 15) is 18.0 Å². The highest BCUT2D eigenvalue weighted by molar-refractivity contribution is 7.92. The minimum absolute atomic E-state index is 0.184. The molecule has 7 nitrogen and oxygen atoms in total. The van der Waals surface area contributed by atoms with E-state index >= 15 is 0 Å². The first kappa shape index (κ1) is 16.3. The number of hydrogen-bond donors (Lipinski definition) is 2. The first-order valence-electron chi connectivity index (χ1n) is 5.35. The second kappa shape index (κ2) is 6.58. The van der Waals surface area contributed by atoms with E-state index in [0.717, 1.165) is 7.11 Å². The Morgan fingerprint density at radius 3 is 2.55 bits per heavy atom. The Morgan fingerprint density at radius 2 is 2.00 bits per heavy atom. The van der Waals surface area contributed by atoms with Gasteiger partial charge in [0.25, 0.3) is 0 Å². The highest BCUT2D eigenvalue weighted by Gasteiger charge is 2.21. The van der Waals surface area contributed by atoms with Crippen molar-refractivity contribution in [2.45, 2.75) is 0 Å². The molecule has 110 valence electrons. The topological polar surface area (TPSA) is 116 Å². The minimum atomic E-state index is -3.89. The van der Waals surface area contributed by atoms with Gasteiger partial charge in [-0.05, 0) is 18.2 Å². The number of esters is 1. The lowest BCUT2D eigenvalue weighted by atomic mass is 10.3. The van der Waals surface area contributed by atoms with Crippen LogP contribution >= 0.6 is 11.6 Å². The maximum atomic E-state index is 11.6. The number of carbonyl (C=O) groups is 2. The molecule has 3 N–H and O–H groups in total. The van der Waals surface area contributed by atoms with E-state index in [1.165, 1.54) is 18.2 Å². The van der Waals surface area contributed by atoms with Crippen LogP contribution in [0.15, 0.2) is 18.2 Å². The molecule has 0 radical (unpaired) electrons. The van der Waals surface area contributed by atoms with Gasteiger partial charge in [-0.15, -0.1) is 0 Å². The molecule has 0 saturated heterocycles. The Morgan fingerprint density at radius 1 is 1.35 bits per heavy atom. The number of hydrogen-bond acceptors (Lipinski definition) is 6. The Bertz CT molecular complexity index is 630. The van der Waals surface area contributed by atoms with Gasteiger partial charge in [-0.25, -0.2) is 8.42 Å². The third kappa shape index (κ3) is 5.06. The predicted molar refractivity (Wildman–Crippen MR) is 75.2 cm³/mol. The molecule has 1 rings (SSSR count). The zero-order chi connectivity index (χ0) is 15.3. The summed E-state index contributed by atoms with van der Waals surface area (Å²) in [5, 5.41) is 2.51. The smallest absolute Gasteiger partial charge is 0.320 e. The highest BCUT2D eigenvalue weighted by atomic mass is 35.5. The van der Waals surface area contributed by atoms with Crippen LogP contribution in [-0.4, -0.2) is 38.9 Å². The molecular formula is C11H13ClN2O5S. The van der Waals surface area contributed by atoms with Gasteiger partial charge in [-0.1, -0.05) is 11.6 Å². The third-order valence-corrected chi connectivity index (χ3v) is 3.87. The van der Waals surface area contributed by atoms with Gasteiger partial charge < -0.3 is 15.8 Å². The molecule has 1 aromatic carbocycles. The van der Waals surface area contributed by atoms with Crippen LogP contribution in [0.1, 0.15) is 0 Å². The Hall–Kier alpha value is -1.80. The first-order chi connectivity index (χ1) is 9.23. The minimum Gasteiger partial charge on any atom is -0.468 e. The van der Waals surface area contributed by atoms with Gasteiger partial charge in [0.05, 0.1) is 17.8 Å². The van der Waals surface area contributed by atoms with Crippen molar-refractivity contribution in [2.75, 3.05) is 29.7 Å². The number of sulfone groups is 1. The van der Waals surface area contributed by atoms with Gasteiger partial charge in [0, 0.05) is 5.69 Å². The van der Waals surface area contributed by atoms with E-state index in [-0.39, 0.29) is 10.7 Å². The summed E-state index contributed by atoms with van der Waals surface area (Å²) in [6.07, 6.45) is 0. The number of amides is 1. The Kier molecular flexibility index (Phi) is 5.34. The second-order valence-electron chi connectivity index (χ2n) is 3.90. The third-order valence-electron chi connectivity index (χ3n) is 2.18. The molecule has 0 fully saturated rings. The number of nitrogens with two attached hydrogens (primary N) is 1. The van der Waals surface area contributed by atoms with Crippen LogP contribution < -0.4 is 11.1 Å². The molecule has 0 unspecified atom stereocenters. The fourth-order valence-corrected chi connectivity index (χ4v) is 2.60. The molecule has 0 aliphatic heterocycles. The number of ether oxygens (including phenoxy) is 1. The highest BCUT2D eigenvalue weighted by Crippen LogP contribution is 2.23. The van der Waals surface area contributed by atoms with Crippen LogP contribution in [0, 0.1) is 0 Å². The molecular weight excluding hydrogens is 308 g/mol. The van der Waals surface area contributed by atoms with Crippen molar-refractivity contribution in [2.24, 2.45) is 0 Å². The van der Waals surface area contributed by atoms with Crippen molar-refractivity contribution >= 4 is 44.7 Å². The standard InChI is InChI=1S/C11H13ClN2O5S/c1-19-11(16)6-20(17,18)5-10(15)14-9-3-2-7(13)4-8(9)12/h2-4H,5-6,13H2,1H3,(H,14,15). The lowest BCUT2D eigenvalue weighted by molar-refractivity contribution is -0.137. The second-order valence-corrected chi connectivity index (χ2v) is 6.37. The maximum Gasteiger partial charge on any atom is 0.320 e. The van der Waals surface area contributed by atoms with E-state index in [0.29, 0.717) is 5.69 Å². The maximum absolute atomic E-state index is 11.6. The van der Waals surface area contributed by atoms with Crippen LogP contribution in [0.5, 0.6) is 0 Å². The fraction of sp³-hybridized carbons (Fsp3) is 0.273. The van der Waals surface area contributed by atoms with Gasteiger partial charge in [-0.2, -0.15) is 0 Å². The normalized spacial score (nSPS) is 10.9. The predicted octanol–water partition coefficient (Wildman–Crippen LogP) is 0.449. The molecule has 0 atom stereocenters. The summed E-state index contributed by atoms with van der Waals surface area (Å²) in [5.41, 5.74) is 6.13. The Labute approximate surface area is 121 Å². The Balaban J connectivity index is 2.70. The molecule has 0 spiro atoms. The molecule has 0 heterocycles. The van der Waals surface area contributed by atoms with Crippen molar-refractivity contribution in [1.82, 2.24) is 0 Å². The van der Waals surface area contributed by atoms with Crippen LogP contribution in [0.25, 0.3) is 0 Å². The molecule has 0 aliphatic rings. The summed E-state index contributed by atoms with van der Waals surface area (Å²) in [4.78, 5) is 22.5. The van der Waals surface area contributed by atoms with Crippen molar-refractivity contribution in [1.29, 1.82) is 0 Å². The van der Waals surface area contributed by atoms with Crippen molar-refractivity contribution in [3.63, 3.8) is 0 Å². The lowest BCUT2D eigenvalue weighted by Gasteiger charge is -2.08. The zero-order valence-electron chi connectivity index (χ0n) is 10.6. The van der Waals surface area contributed by atoms with Gasteiger partial charge in [0.1, 0.15) is 11.5 Å².